The number of methoxy groups -OCH3 is 1. The summed E-state index contributed by atoms with van der Waals surface area (Å²) < 4.78 is 17.0. The fourth-order valence-electron chi connectivity index (χ4n) is 6.48. The van der Waals surface area contributed by atoms with Crippen LogP contribution in [0.1, 0.15) is 206 Å². The van der Waals surface area contributed by atoms with Crippen molar-refractivity contribution in [1.29, 1.82) is 0 Å². The highest BCUT2D eigenvalue weighted by Crippen LogP contribution is 2.13. The first-order valence-electron chi connectivity index (χ1n) is 21.8. The Balaban J connectivity index is 3.50. The summed E-state index contributed by atoms with van der Waals surface area (Å²) in [4.78, 5) is 13.3. The van der Waals surface area contributed by atoms with E-state index in [2.05, 4.69) is 55.0 Å². The molecule has 0 rings (SSSR count). The molecular weight excluding hydrogens is 618 g/mol. The largest absolute Gasteiger partial charge is 0.469 e. The fourth-order valence-corrected chi connectivity index (χ4v) is 6.48. The van der Waals surface area contributed by atoms with Gasteiger partial charge in [-0.2, -0.15) is 0 Å². The summed E-state index contributed by atoms with van der Waals surface area (Å²) in [6, 6.07) is 0. The second kappa shape index (κ2) is 42.2. The highest BCUT2D eigenvalue weighted by Gasteiger charge is 2.10. The number of carbonyl (C=O) groups excluding carboxylic acids is 1. The van der Waals surface area contributed by atoms with Crippen molar-refractivity contribution in [3.63, 3.8) is 0 Å². The van der Waals surface area contributed by atoms with Crippen LogP contribution in [0.15, 0.2) is 24.3 Å². The molecule has 0 bridgehead atoms. The van der Waals surface area contributed by atoms with Crippen molar-refractivity contribution in [3.05, 3.63) is 24.3 Å². The van der Waals surface area contributed by atoms with E-state index >= 15 is 0 Å². The Morgan fingerprint density at radius 2 is 0.920 bits per heavy atom. The Labute approximate surface area is 313 Å². The van der Waals surface area contributed by atoms with Crippen molar-refractivity contribution in [2.75, 3.05) is 47.6 Å². The predicted octanol–water partition coefficient (Wildman–Crippen LogP) is 13.3. The third-order valence-electron chi connectivity index (χ3n) is 9.72. The van der Waals surface area contributed by atoms with Crippen molar-refractivity contribution in [1.82, 2.24) is 4.90 Å². The zero-order valence-electron chi connectivity index (χ0n) is 34.2. The molecule has 5 heteroatoms. The maximum Gasteiger partial charge on any atom is 0.305 e. The zero-order valence-corrected chi connectivity index (χ0v) is 34.2. The molecule has 50 heavy (non-hydrogen) atoms. The number of esters is 1. The van der Waals surface area contributed by atoms with E-state index in [9.17, 15) is 4.79 Å². The molecule has 1 atom stereocenters. The second-order valence-electron chi connectivity index (χ2n) is 15.1. The molecule has 0 aliphatic rings. The number of rotatable bonds is 41. The third-order valence-corrected chi connectivity index (χ3v) is 9.72. The number of hydrogen-bond donors (Lipinski definition) is 0. The molecule has 0 saturated carbocycles. The zero-order chi connectivity index (χ0) is 36.4. The summed E-state index contributed by atoms with van der Waals surface area (Å²) >= 11 is 0. The van der Waals surface area contributed by atoms with E-state index in [1.807, 2.05) is 0 Å². The van der Waals surface area contributed by atoms with E-state index in [0.29, 0.717) is 6.42 Å². The lowest BCUT2D eigenvalue weighted by Gasteiger charge is -2.21. The van der Waals surface area contributed by atoms with Crippen molar-refractivity contribution >= 4 is 5.97 Å². The molecule has 0 aromatic heterocycles. The third kappa shape index (κ3) is 41.3. The van der Waals surface area contributed by atoms with Gasteiger partial charge in [0, 0.05) is 32.8 Å². The summed E-state index contributed by atoms with van der Waals surface area (Å²) in [6.07, 6.45) is 49.2. The van der Waals surface area contributed by atoms with Crippen LogP contribution in [0, 0.1) is 0 Å². The number of likely N-dealkylation sites (N-methyl/N-ethyl adjacent to an activating group) is 1. The van der Waals surface area contributed by atoms with Gasteiger partial charge in [-0.3, -0.25) is 4.79 Å². The number of hydrogen-bond acceptors (Lipinski definition) is 5. The molecule has 0 heterocycles. The molecule has 0 saturated heterocycles. The van der Waals surface area contributed by atoms with E-state index < -0.39 is 0 Å². The molecule has 1 unspecified atom stereocenters. The Morgan fingerprint density at radius 1 is 0.520 bits per heavy atom. The minimum Gasteiger partial charge on any atom is -0.469 e. The number of allylic oxidation sites excluding steroid dienone is 4. The lowest BCUT2D eigenvalue weighted by atomic mass is 10.1. The lowest BCUT2D eigenvalue weighted by Crippen LogP contribution is -2.30. The van der Waals surface area contributed by atoms with Crippen molar-refractivity contribution < 1.29 is 19.0 Å². The monoisotopic (exact) mass is 706 g/mol. The van der Waals surface area contributed by atoms with Gasteiger partial charge in [0.25, 0.3) is 0 Å². The van der Waals surface area contributed by atoms with Gasteiger partial charge in [0.15, 0.2) is 0 Å². The number of ether oxygens (including phenoxy) is 3. The fraction of sp³-hybridized carbons (Fsp3) is 0.889. The van der Waals surface area contributed by atoms with E-state index in [0.717, 1.165) is 45.6 Å². The molecule has 296 valence electrons. The standard InChI is InChI=1S/C45H87NO4/c1-5-6-7-8-9-10-11-12-13-14-15-18-21-24-27-30-33-36-40-49-42-39-44(43-46(2)3)50-41-37-34-31-28-25-22-19-16-17-20-23-26-29-32-35-38-45(47)48-4/h13-14,16-17,44H,5-12,15,18-43H2,1-4H3/b14-13-,17-16-. The number of nitrogens with zero attached hydrogens (tertiary/aromatic N) is 1. The SMILES string of the molecule is CCCCCCCCC/C=C\CCCCCCCCCOCCC(CN(C)C)OCCCCCCCC/C=C\CCCCCCCC(=O)OC. The van der Waals surface area contributed by atoms with E-state index in [-0.39, 0.29) is 12.1 Å². The smallest absolute Gasteiger partial charge is 0.305 e. The van der Waals surface area contributed by atoms with Crippen LogP contribution in [0.25, 0.3) is 0 Å². The van der Waals surface area contributed by atoms with Gasteiger partial charge in [0.1, 0.15) is 0 Å². The molecule has 0 aliphatic carbocycles. The molecule has 0 N–H and O–H groups in total. The predicted molar refractivity (Wildman–Crippen MR) is 218 cm³/mol. The Kier molecular flexibility index (Phi) is 41.3. The molecule has 5 nitrogen and oxygen atoms in total. The van der Waals surface area contributed by atoms with E-state index in [4.69, 9.17) is 9.47 Å². The molecule has 0 amide bonds. The van der Waals surface area contributed by atoms with Gasteiger partial charge in [-0.25, -0.2) is 0 Å². The van der Waals surface area contributed by atoms with Crippen LogP contribution in [-0.2, 0) is 19.0 Å². The van der Waals surface area contributed by atoms with Gasteiger partial charge in [-0.15, -0.1) is 0 Å². The maximum absolute atomic E-state index is 11.1. The van der Waals surface area contributed by atoms with Crippen molar-refractivity contribution in [2.45, 2.75) is 212 Å². The van der Waals surface area contributed by atoms with Crippen LogP contribution in [0.3, 0.4) is 0 Å². The number of unbranched alkanes of at least 4 members (excludes halogenated alkanes) is 25. The molecule has 0 aliphatic heterocycles. The van der Waals surface area contributed by atoms with Crippen LogP contribution < -0.4 is 0 Å². The highest BCUT2D eigenvalue weighted by atomic mass is 16.5. The average Bonchev–Trinajstić information content (AvgIpc) is 3.11. The summed E-state index contributed by atoms with van der Waals surface area (Å²) in [5, 5.41) is 0. The Morgan fingerprint density at radius 3 is 1.36 bits per heavy atom. The van der Waals surface area contributed by atoms with E-state index in [1.54, 1.807) is 0 Å². The normalized spacial score (nSPS) is 12.6. The van der Waals surface area contributed by atoms with Gasteiger partial charge in [-0.1, -0.05) is 147 Å². The first-order chi connectivity index (χ1) is 24.6. The van der Waals surface area contributed by atoms with Crippen molar-refractivity contribution in [2.24, 2.45) is 0 Å². The average molecular weight is 706 g/mol. The van der Waals surface area contributed by atoms with E-state index in [1.165, 1.54) is 180 Å². The summed E-state index contributed by atoms with van der Waals surface area (Å²) in [7, 11) is 5.74. The maximum atomic E-state index is 11.1. The summed E-state index contributed by atoms with van der Waals surface area (Å²) in [5.41, 5.74) is 0. The van der Waals surface area contributed by atoms with Gasteiger partial charge < -0.3 is 19.1 Å². The van der Waals surface area contributed by atoms with Gasteiger partial charge >= 0.3 is 5.97 Å². The molecule has 0 spiro atoms. The molecule has 0 aromatic rings. The second-order valence-corrected chi connectivity index (χ2v) is 15.1. The van der Waals surface area contributed by atoms with Crippen LogP contribution in [0.2, 0.25) is 0 Å². The molecule has 0 fully saturated rings. The van der Waals surface area contributed by atoms with Crippen LogP contribution in [0.4, 0.5) is 0 Å². The summed E-state index contributed by atoms with van der Waals surface area (Å²) in [6.45, 7) is 5.86. The van der Waals surface area contributed by atoms with Crippen LogP contribution >= 0.6 is 0 Å². The van der Waals surface area contributed by atoms with Gasteiger partial charge in [-0.05, 0) is 91.1 Å². The molecule has 0 radical (unpaired) electrons. The summed E-state index contributed by atoms with van der Waals surface area (Å²) in [5.74, 6) is -0.0812. The Bertz CT molecular complexity index is 722. The molecular formula is C45H87NO4. The quantitative estimate of drug-likeness (QED) is 0.0360. The highest BCUT2D eigenvalue weighted by molar-refractivity contribution is 5.68. The first-order valence-corrected chi connectivity index (χ1v) is 21.8. The topological polar surface area (TPSA) is 48.0 Å². The minimum atomic E-state index is -0.0812. The lowest BCUT2D eigenvalue weighted by molar-refractivity contribution is -0.140. The molecule has 0 aromatic carbocycles. The van der Waals surface area contributed by atoms with Gasteiger partial charge in [0.05, 0.1) is 13.2 Å². The minimum absolute atomic E-state index is 0.0812. The van der Waals surface area contributed by atoms with Crippen molar-refractivity contribution in [3.8, 4) is 0 Å². The van der Waals surface area contributed by atoms with Crippen LogP contribution in [-0.4, -0.2) is 64.5 Å². The number of carbonyl (C=O) groups is 1. The van der Waals surface area contributed by atoms with Gasteiger partial charge in [0.2, 0.25) is 0 Å². The first kappa shape index (κ1) is 48.8. The van der Waals surface area contributed by atoms with Crippen LogP contribution in [0.5, 0.6) is 0 Å². The Hall–Kier alpha value is -1.17.